The molecule has 0 aliphatic carbocycles. The molecule has 0 radical (unpaired) electrons. The third kappa shape index (κ3) is 3.95. The number of benzene rings is 2. The number of rotatable bonds is 6. The van der Waals surface area contributed by atoms with E-state index in [1.54, 1.807) is 13.2 Å². The smallest absolute Gasteiger partial charge is 0.168 e. The van der Waals surface area contributed by atoms with Gasteiger partial charge in [0.15, 0.2) is 12.5 Å². The predicted octanol–water partition coefficient (Wildman–Crippen LogP) is 2.98. The van der Waals surface area contributed by atoms with E-state index < -0.39 is 11.7 Å². The molecule has 3 atom stereocenters. The molecule has 1 fully saturated rings. The molecule has 1 heterocycles. The molecular formula is C19H21ClN2O3. The summed E-state index contributed by atoms with van der Waals surface area (Å²) < 4.78 is 10.9. The Bertz CT molecular complexity index is 740. The molecule has 2 N–H and O–H groups in total. The van der Waals surface area contributed by atoms with Crippen LogP contribution in [0.4, 0.5) is 5.69 Å². The number of methoxy groups -OCH3 is 1. The van der Waals surface area contributed by atoms with E-state index in [4.69, 9.17) is 26.8 Å². The van der Waals surface area contributed by atoms with Crippen molar-refractivity contribution < 1.29 is 14.3 Å². The lowest BCUT2D eigenvalue weighted by atomic mass is 10.0. The number of aldehydes is 1. The highest BCUT2D eigenvalue weighted by atomic mass is 35.5. The van der Waals surface area contributed by atoms with Gasteiger partial charge in [-0.1, -0.05) is 24.3 Å². The van der Waals surface area contributed by atoms with Crippen molar-refractivity contribution >= 4 is 23.6 Å². The maximum atomic E-state index is 11.4. The number of anilines is 1. The summed E-state index contributed by atoms with van der Waals surface area (Å²) in [5, 5.41) is 0. The van der Waals surface area contributed by atoms with Gasteiger partial charge in [0.25, 0.3) is 0 Å². The molecule has 2 aromatic rings. The minimum Gasteiger partial charge on any atom is -0.497 e. The van der Waals surface area contributed by atoms with E-state index in [1.165, 1.54) is 0 Å². The first-order valence-corrected chi connectivity index (χ1v) is 8.53. The Morgan fingerprint density at radius 3 is 2.88 bits per heavy atom. The lowest BCUT2D eigenvalue weighted by Gasteiger charge is -2.30. The molecule has 3 unspecified atom stereocenters. The molecule has 0 amide bonds. The van der Waals surface area contributed by atoms with Crippen LogP contribution in [-0.2, 0) is 16.0 Å². The van der Waals surface area contributed by atoms with Gasteiger partial charge in [0, 0.05) is 11.7 Å². The van der Waals surface area contributed by atoms with Gasteiger partial charge in [-0.15, -0.1) is 11.6 Å². The number of hydrogen-bond acceptors (Lipinski definition) is 5. The van der Waals surface area contributed by atoms with Gasteiger partial charge >= 0.3 is 0 Å². The lowest BCUT2D eigenvalue weighted by molar-refractivity contribution is -0.122. The van der Waals surface area contributed by atoms with Gasteiger partial charge in [-0.2, -0.15) is 0 Å². The first-order valence-electron chi connectivity index (χ1n) is 8.09. The Morgan fingerprint density at radius 2 is 2.16 bits per heavy atom. The van der Waals surface area contributed by atoms with Crippen molar-refractivity contribution in [2.45, 2.75) is 24.2 Å². The minimum atomic E-state index is -0.667. The fraction of sp³-hybridized carbons (Fsp3) is 0.316. The molecular weight excluding hydrogens is 340 g/mol. The summed E-state index contributed by atoms with van der Waals surface area (Å²) in [4.78, 5) is 13.3. The first kappa shape index (κ1) is 17.7. The standard InChI is InChI=1S/C19H21ClN2O3/c1-24-17-7-2-4-13(9-17)8-16-12-25-18(11-23)22(16)19(20)14-5-3-6-15(21)10-14/h2-7,9-11,16,18-19H,8,12,21H2,1H3. The van der Waals surface area contributed by atoms with Gasteiger partial charge in [0.05, 0.1) is 13.7 Å². The summed E-state index contributed by atoms with van der Waals surface area (Å²) in [6.07, 6.45) is 0.819. The van der Waals surface area contributed by atoms with Crippen LogP contribution in [0.15, 0.2) is 48.5 Å². The molecule has 5 nitrogen and oxygen atoms in total. The van der Waals surface area contributed by atoms with E-state index in [0.29, 0.717) is 18.7 Å². The molecule has 0 aromatic heterocycles. The van der Waals surface area contributed by atoms with Crippen molar-refractivity contribution in [2.75, 3.05) is 19.5 Å². The number of carbonyl (C=O) groups excluding carboxylic acids is 1. The molecule has 1 aliphatic heterocycles. The summed E-state index contributed by atoms with van der Waals surface area (Å²) in [6.45, 7) is 0.437. The van der Waals surface area contributed by atoms with Crippen molar-refractivity contribution in [2.24, 2.45) is 0 Å². The molecule has 132 valence electrons. The molecule has 0 saturated carbocycles. The zero-order chi connectivity index (χ0) is 17.8. The highest BCUT2D eigenvalue weighted by Crippen LogP contribution is 2.34. The van der Waals surface area contributed by atoms with E-state index in [-0.39, 0.29) is 6.04 Å². The van der Waals surface area contributed by atoms with Crippen molar-refractivity contribution in [3.05, 3.63) is 59.7 Å². The van der Waals surface area contributed by atoms with Crippen molar-refractivity contribution in [1.82, 2.24) is 4.90 Å². The Hall–Kier alpha value is -2.08. The van der Waals surface area contributed by atoms with Crippen molar-refractivity contribution in [3.8, 4) is 5.75 Å². The minimum absolute atomic E-state index is 0.0220. The number of nitrogens with two attached hydrogens (primary N) is 1. The normalized spacial score (nSPS) is 21.8. The van der Waals surface area contributed by atoms with Crippen molar-refractivity contribution in [1.29, 1.82) is 0 Å². The summed E-state index contributed by atoms with van der Waals surface area (Å²) >= 11 is 6.68. The van der Waals surface area contributed by atoms with Crippen LogP contribution in [0, 0.1) is 0 Å². The number of ether oxygens (including phenoxy) is 2. The second-order valence-corrected chi connectivity index (χ2v) is 6.44. The summed E-state index contributed by atoms with van der Waals surface area (Å²) in [5.41, 5.74) is 7.93. The molecule has 25 heavy (non-hydrogen) atoms. The van der Waals surface area contributed by atoms with Crippen LogP contribution < -0.4 is 10.5 Å². The second kappa shape index (κ2) is 7.87. The largest absolute Gasteiger partial charge is 0.497 e. The second-order valence-electron chi connectivity index (χ2n) is 6.02. The Labute approximate surface area is 152 Å². The number of halogens is 1. The number of alkyl halides is 1. The molecule has 1 saturated heterocycles. The number of nitrogen functional groups attached to an aromatic ring is 1. The van der Waals surface area contributed by atoms with Crippen LogP contribution in [0.5, 0.6) is 5.75 Å². The average Bonchev–Trinajstić information content (AvgIpc) is 3.03. The van der Waals surface area contributed by atoms with Gasteiger partial charge in [0.1, 0.15) is 11.3 Å². The SMILES string of the molecule is COc1cccc(CC2COC(C=O)N2C(Cl)c2cccc(N)c2)c1. The first-order chi connectivity index (χ1) is 12.1. The highest BCUT2D eigenvalue weighted by Gasteiger charge is 2.39. The number of carbonyl (C=O) groups is 1. The molecule has 1 aliphatic rings. The highest BCUT2D eigenvalue weighted by molar-refractivity contribution is 6.20. The zero-order valence-corrected chi connectivity index (χ0v) is 14.7. The van der Waals surface area contributed by atoms with Crippen LogP contribution in [-0.4, -0.2) is 37.2 Å². The topological polar surface area (TPSA) is 64.8 Å². The average molecular weight is 361 g/mol. The van der Waals surface area contributed by atoms with E-state index in [0.717, 1.165) is 23.2 Å². The Kier molecular flexibility index (Phi) is 5.58. The van der Waals surface area contributed by atoms with Gasteiger partial charge < -0.3 is 15.2 Å². The van der Waals surface area contributed by atoms with Crippen LogP contribution in [0.1, 0.15) is 16.6 Å². The molecule has 0 bridgehead atoms. The van der Waals surface area contributed by atoms with Gasteiger partial charge in [-0.25, -0.2) is 4.90 Å². The third-order valence-electron chi connectivity index (χ3n) is 4.34. The van der Waals surface area contributed by atoms with Crippen LogP contribution in [0.25, 0.3) is 0 Å². The fourth-order valence-corrected chi connectivity index (χ4v) is 3.53. The molecule has 6 heteroatoms. The Morgan fingerprint density at radius 1 is 1.36 bits per heavy atom. The Balaban J connectivity index is 1.83. The van der Waals surface area contributed by atoms with Gasteiger partial charge in [-0.3, -0.25) is 4.79 Å². The molecule has 2 aromatic carbocycles. The summed E-state index contributed by atoms with van der Waals surface area (Å²) in [6, 6.07) is 15.2. The summed E-state index contributed by atoms with van der Waals surface area (Å²) in [5.74, 6) is 0.799. The van der Waals surface area contributed by atoms with E-state index in [9.17, 15) is 4.79 Å². The van der Waals surface area contributed by atoms with Gasteiger partial charge in [0.2, 0.25) is 0 Å². The molecule has 0 spiro atoms. The quantitative estimate of drug-likeness (QED) is 0.371. The third-order valence-corrected chi connectivity index (χ3v) is 4.82. The fourth-order valence-electron chi connectivity index (χ4n) is 3.13. The monoisotopic (exact) mass is 360 g/mol. The van der Waals surface area contributed by atoms with Gasteiger partial charge in [-0.05, 0) is 41.8 Å². The lowest BCUT2D eigenvalue weighted by Crippen LogP contribution is -2.40. The van der Waals surface area contributed by atoms with E-state index in [2.05, 4.69) is 0 Å². The van der Waals surface area contributed by atoms with Crippen LogP contribution >= 0.6 is 11.6 Å². The van der Waals surface area contributed by atoms with Crippen molar-refractivity contribution in [3.63, 3.8) is 0 Å². The zero-order valence-electron chi connectivity index (χ0n) is 14.0. The maximum Gasteiger partial charge on any atom is 0.168 e. The predicted molar refractivity (Wildman–Crippen MR) is 97.6 cm³/mol. The summed E-state index contributed by atoms with van der Waals surface area (Å²) in [7, 11) is 1.64. The molecule has 3 rings (SSSR count). The van der Waals surface area contributed by atoms with E-state index >= 15 is 0 Å². The number of nitrogens with zero attached hydrogens (tertiary/aromatic N) is 1. The van der Waals surface area contributed by atoms with Crippen LogP contribution in [0.2, 0.25) is 0 Å². The van der Waals surface area contributed by atoms with Crippen LogP contribution in [0.3, 0.4) is 0 Å². The maximum absolute atomic E-state index is 11.4. The number of hydrogen-bond donors (Lipinski definition) is 1. The van der Waals surface area contributed by atoms with E-state index in [1.807, 2.05) is 47.4 Å².